The van der Waals surface area contributed by atoms with Crippen molar-refractivity contribution < 1.29 is 32.6 Å². The number of nitrogens with zero attached hydrogens (tertiary/aromatic N) is 1. The number of alkyl carbamates (subject to hydrolysis) is 2. The largest absolute Gasteiger partial charge is 0.514 e. The number of hydrogen-bond donors (Lipinski definition) is 1. The summed E-state index contributed by atoms with van der Waals surface area (Å²) >= 11 is 1.54. The van der Waals surface area contributed by atoms with Crippen molar-refractivity contribution in [2.75, 3.05) is 26.0 Å². The average Bonchev–Trinajstić information content (AvgIpc) is 3.21. The number of ether oxygens (including phenoxy) is 2. The van der Waals surface area contributed by atoms with Gasteiger partial charge in [0.05, 0.1) is 24.6 Å². The van der Waals surface area contributed by atoms with Crippen LogP contribution in [0.15, 0.2) is 40.9 Å². The quantitative estimate of drug-likeness (QED) is 0.572. The van der Waals surface area contributed by atoms with Crippen LogP contribution in [0.2, 0.25) is 0 Å². The van der Waals surface area contributed by atoms with E-state index in [4.69, 9.17) is 9.47 Å². The summed E-state index contributed by atoms with van der Waals surface area (Å²) in [5.41, 5.74) is 2.19. The molecular weight excluding hydrogens is 474 g/mol. The Morgan fingerprint density at radius 3 is 2.50 bits per heavy atom. The zero-order valence-electron chi connectivity index (χ0n) is 19.9. The molecule has 1 amide bonds. The van der Waals surface area contributed by atoms with Gasteiger partial charge in [0, 0.05) is 36.0 Å². The van der Waals surface area contributed by atoms with E-state index in [9.17, 15) is 13.2 Å². The number of H-pyrrole nitrogens is 1. The number of carbonyl (C=O) groups is 1. The highest BCUT2D eigenvalue weighted by molar-refractivity contribution is 7.90. The second-order valence-electron chi connectivity index (χ2n) is 9.72. The summed E-state index contributed by atoms with van der Waals surface area (Å²) in [4.78, 5) is 21.1. The van der Waals surface area contributed by atoms with Crippen LogP contribution in [0, 0.1) is 5.92 Å². The van der Waals surface area contributed by atoms with E-state index in [1.165, 1.54) is 17.6 Å². The number of nitrogens with one attached hydrogen (secondary N) is 2. The minimum absolute atomic E-state index is 0.174. The maximum atomic E-state index is 12.3. The zero-order chi connectivity index (χ0) is 24.5. The minimum Gasteiger partial charge on any atom is -0.461 e. The lowest BCUT2D eigenvalue weighted by molar-refractivity contribution is -0.832. The predicted molar refractivity (Wildman–Crippen MR) is 130 cm³/mol. The van der Waals surface area contributed by atoms with Crippen LogP contribution in [0.5, 0.6) is 5.88 Å². The summed E-state index contributed by atoms with van der Waals surface area (Å²) in [5, 5.41) is 2.01. The molecule has 1 aliphatic rings. The number of amides is 1. The SMILES string of the molecule is CC(C)(C)OC(=O)[NH+]1CCC(COc2[nH+]cnc3c(-c4ccc(S(C)(=O)=O)cc4)csc23)CC1. The Bertz CT molecular complexity index is 1270. The van der Waals surface area contributed by atoms with Gasteiger partial charge in [0.2, 0.25) is 5.52 Å². The third-order valence-corrected chi connectivity index (χ3v) is 7.91. The molecule has 0 atom stereocenters. The number of rotatable bonds is 5. The van der Waals surface area contributed by atoms with Crippen molar-refractivity contribution in [1.29, 1.82) is 0 Å². The Kier molecular flexibility index (Phi) is 6.93. The van der Waals surface area contributed by atoms with E-state index in [1.807, 2.05) is 26.2 Å². The molecule has 8 nitrogen and oxygen atoms in total. The van der Waals surface area contributed by atoms with E-state index in [1.54, 1.807) is 30.6 Å². The number of quaternary nitrogens is 1. The van der Waals surface area contributed by atoms with Gasteiger partial charge in [-0.1, -0.05) is 12.1 Å². The molecule has 1 fully saturated rings. The van der Waals surface area contributed by atoms with Crippen LogP contribution in [0.4, 0.5) is 4.79 Å². The van der Waals surface area contributed by atoms with Crippen molar-refractivity contribution in [2.45, 2.75) is 44.1 Å². The van der Waals surface area contributed by atoms with Crippen molar-refractivity contribution in [3.63, 3.8) is 0 Å². The number of carbonyl (C=O) groups excluding carboxylic acids is 1. The number of hydrogen-bond acceptors (Lipinski definition) is 7. The number of benzene rings is 1. The van der Waals surface area contributed by atoms with Crippen molar-refractivity contribution in [3.05, 3.63) is 36.0 Å². The van der Waals surface area contributed by atoms with E-state index >= 15 is 0 Å². The van der Waals surface area contributed by atoms with E-state index < -0.39 is 15.4 Å². The number of aromatic nitrogens is 2. The van der Waals surface area contributed by atoms with Crippen LogP contribution in [-0.2, 0) is 14.6 Å². The normalized spacial score (nSPS) is 19.2. The summed E-state index contributed by atoms with van der Waals surface area (Å²) in [5.74, 6) is 1.04. The van der Waals surface area contributed by atoms with Crippen molar-refractivity contribution in [1.82, 2.24) is 4.98 Å². The molecule has 0 radical (unpaired) electrons. The van der Waals surface area contributed by atoms with Gasteiger partial charge in [0.25, 0.3) is 6.33 Å². The van der Waals surface area contributed by atoms with Crippen LogP contribution in [0.25, 0.3) is 21.3 Å². The molecule has 2 aromatic heterocycles. The van der Waals surface area contributed by atoms with Crippen LogP contribution < -0.4 is 14.6 Å². The molecule has 2 N–H and O–H groups in total. The lowest BCUT2D eigenvalue weighted by Gasteiger charge is -2.28. The van der Waals surface area contributed by atoms with E-state index in [0.717, 1.165) is 52.2 Å². The lowest BCUT2D eigenvalue weighted by atomic mass is 9.98. The van der Waals surface area contributed by atoms with Gasteiger partial charge in [-0.3, -0.25) is 0 Å². The molecule has 0 aliphatic carbocycles. The number of piperidine rings is 1. The highest BCUT2D eigenvalue weighted by Crippen LogP contribution is 2.36. The summed E-state index contributed by atoms with van der Waals surface area (Å²) in [7, 11) is -3.24. The first-order valence-corrected chi connectivity index (χ1v) is 14.1. The molecule has 0 unspecified atom stereocenters. The zero-order valence-corrected chi connectivity index (χ0v) is 21.5. The molecule has 1 aromatic carbocycles. The van der Waals surface area contributed by atoms with Crippen LogP contribution >= 0.6 is 11.3 Å². The topological polar surface area (TPSA) is 101 Å². The first-order valence-electron chi connectivity index (χ1n) is 11.3. The Balaban J connectivity index is 1.41. The molecule has 0 spiro atoms. The van der Waals surface area contributed by atoms with E-state index in [-0.39, 0.29) is 6.09 Å². The minimum atomic E-state index is -3.24. The molecule has 182 valence electrons. The highest BCUT2D eigenvalue weighted by Gasteiger charge is 2.32. The average molecular weight is 506 g/mol. The van der Waals surface area contributed by atoms with Crippen LogP contribution in [0.1, 0.15) is 33.6 Å². The van der Waals surface area contributed by atoms with Gasteiger partial charge in [-0.2, -0.15) is 4.79 Å². The fraction of sp³-hybridized carbons (Fsp3) is 0.458. The molecule has 1 saturated heterocycles. The molecule has 3 aromatic rings. The molecule has 4 rings (SSSR count). The van der Waals surface area contributed by atoms with Gasteiger partial charge in [0.15, 0.2) is 14.5 Å². The lowest BCUT2D eigenvalue weighted by Crippen LogP contribution is -3.15. The molecule has 1 aliphatic heterocycles. The van der Waals surface area contributed by atoms with Crippen molar-refractivity contribution >= 4 is 37.5 Å². The molecule has 0 saturated carbocycles. The smallest absolute Gasteiger partial charge is 0.461 e. The Labute approximate surface area is 203 Å². The molecule has 3 heterocycles. The fourth-order valence-corrected chi connectivity index (χ4v) is 5.62. The van der Waals surface area contributed by atoms with Gasteiger partial charge < -0.3 is 9.47 Å². The maximum Gasteiger partial charge on any atom is 0.514 e. The van der Waals surface area contributed by atoms with Crippen molar-refractivity contribution in [2.24, 2.45) is 5.92 Å². The first-order chi connectivity index (χ1) is 16.0. The highest BCUT2D eigenvalue weighted by atomic mass is 32.2. The van der Waals surface area contributed by atoms with Crippen molar-refractivity contribution in [3.8, 4) is 17.0 Å². The summed E-state index contributed by atoms with van der Waals surface area (Å²) in [6.45, 7) is 7.70. The second-order valence-corrected chi connectivity index (χ2v) is 12.6. The number of fused-ring (bicyclic) bond motifs is 1. The Morgan fingerprint density at radius 1 is 1.21 bits per heavy atom. The third-order valence-electron chi connectivity index (χ3n) is 5.81. The van der Waals surface area contributed by atoms with Gasteiger partial charge in [-0.25, -0.2) is 18.3 Å². The molecule has 34 heavy (non-hydrogen) atoms. The molecule has 10 heteroatoms. The van der Waals surface area contributed by atoms with Crippen LogP contribution in [0.3, 0.4) is 0 Å². The summed E-state index contributed by atoms with van der Waals surface area (Å²) in [6, 6.07) is 6.84. The molecule has 0 bridgehead atoms. The van der Waals surface area contributed by atoms with E-state index in [2.05, 4.69) is 9.97 Å². The summed E-state index contributed by atoms with van der Waals surface area (Å²) < 4.78 is 36.1. The van der Waals surface area contributed by atoms with E-state index in [0.29, 0.717) is 23.3 Å². The second kappa shape index (κ2) is 9.59. The van der Waals surface area contributed by atoms with Crippen LogP contribution in [-0.4, -0.2) is 51.0 Å². The fourth-order valence-electron chi connectivity index (χ4n) is 4.00. The standard InChI is InChI=1S/C24H29N3O5S2/c1-24(2,3)32-23(28)27-11-9-16(10-12-27)13-31-22-21-20(25-15-26-22)19(14-33-21)17-5-7-18(8-6-17)34(4,29)30/h5-8,14-16H,9-13H2,1-4H3/p+2. The maximum absolute atomic E-state index is 12.3. The Hall–Kier alpha value is -2.56. The number of sulfone groups is 1. The van der Waals surface area contributed by atoms with Gasteiger partial charge in [-0.05, 0) is 43.5 Å². The van der Waals surface area contributed by atoms with Gasteiger partial charge >= 0.3 is 12.0 Å². The predicted octanol–water partition coefficient (Wildman–Crippen LogP) is 2.79. The Morgan fingerprint density at radius 2 is 1.88 bits per heavy atom. The molecular formula is C24H31N3O5S2+2. The first kappa shape index (κ1) is 24.6. The number of thiophene rings is 1. The summed E-state index contributed by atoms with van der Waals surface area (Å²) in [6.07, 6.45) is 4.43. The number of likely N-dealkylation sites (tertiary alicyclic amines) is 1. The van der Waals surface area contributed by atoms with Gasteiger partial charge in [-0.15, -0.1) is 11.3 Å². The number of aromatic amines is 1. The van der Waals surface area contributed by atoms with Gasteiger partial charge in [0.1, 0.15) is 5.60 Å². The monoisotopic (exact) mass is 505 g/mol. The third kappa shape index (κ3) is 5.73.